The summed E-state index contributed by atoms with van der Waals surface area (Å²) in [4.78, 5) is 47.8. The maximum Gasteiger partial charge on any atom is 0.316 e. The van der Waals surface area contributed by atoms with E-state index in [1.54, 1.807) is 41.5 Å². The Hall–Kier alpha value is -2.93. The van der Waals surface area contributed by atoms with Gasteiger partial charge in [-0.15, -0.1) is 0 Å². The Kier molecular flexibility index (Phi) is 13.5. The maximum absolute atomic E-state index is 12.8. The average Bonchev–Trinajstić information content (AvgIpc) is 3.30. The number of allylic oxidation sites excluding steroid dienone is 4. The molecule has 0 heterocycles. The first-order chi connectivity index (χ1) is 22.9. The second kappa shape index (κ2) is 15.6. The molecule has 0 bridgehead atoms. The predicted molar refractivity (Wildman–Crippen MR) is 210 cm³/mol. The summed E-state index contributed by atoms with van der Waals surface area (Å²) in [7, 11) is 0. The van der Waals surface area contributed by atoms with Gasteiger partial charge in [-0.1, -0.05) is 83.8 Å². The molecule has 2 aromatic rings. The van der Waals surface area contributed by atoms with E-state index < -0.39 is 16.2 Å². The molecule has 0 radical (unpaired) electrons. The predicted octanol–water partition coefficient (Wildman–Crippen LogP) is 11.9. The molecule has 9 heteroatoms. The zero-order chi connectivity index (χ0) is 39.9. The number of rotatable bonds is 3. The number of ketones is 2. The summed E-state index contributed by atoms with van der Waals surface area (Å²) in [5.74, 6) is 0.296. The molecule has 51 heavy (non-hydrogen) atoms. The number of benzene rings is 2. The maximum atomic E-state index is 12.8. The van der Waals surface area contributed by atoms with Gasteiger partial charge in [0.15, 0.2) is 11.6 Å². The first-order valence-electron chi connectivity index (χ1n) is 17.1. The summed E-state index contributed by atoms with van der Waals surface area (Å²) in [6.07, 6.45) is 0.665. The van der Waals surface area contributed by atoms with E-state index in [4.69, 9.17) is 39.5 Å². The van der Waals surface area contributed by atoms with Crippen molar-refractivity contribution in [3.05, 3.63) is 78.2 Å². The van der Waals surface area contributed by atoms with E-state index in [-0.39, 0.29) is 34.0 Å². The molecule has 280 valence electrons. The Labute approximate surface area is 320 Å². The molecule has 2 aliphatic rings. The lowest BCUT2D eigenvalue weighted by Gasteiger charge is -2.25. The van der Waals surface area contributed by atoms with Crippen molar-refractivity contribution in [3.8, 4) is 0 Å². The molecule has 0 amide bonds. The quantitative estimate of drug-likeness (QED) is 0.247. The highest BCUT2D eigenvalue weighted by atomic mass is 35.5. The zero-order valence-corrected chi connectivity index (χ0v) is 35.5. The first kappa shape index (κ1) is 44.2. The number of aliphatic hydroxyl groups excluding tert-OH is 1. The van der Waals surface area contributed by atoms with Crippen molar-refractivity contribution < 1.29 is 29.0 Å². The molecule has 2 aromatic carbocycles. The highest BCUT2D eigenvalue weighted by Crippen LogP contribution is 2.48. The highest BCUT2D eigenvalue weighted by molar-refractivity contribution is 6.64. The van der Waals surface area contributed by atoms with Gasteiger partial charge in [-0.25, -0.2) is 0 Å². The Morgan fingerprint density at radius 3 is 1.35 bits per heavy atom. The second-order valence-electron chi connectivity index (χ2n) is 17.2. The van der Waals surface area contributed by atoms with Crippen molar-refractivity contribution in [1.82, 2.24) is 0 Å². The van der Waals surface area contributed by atoms with Crippen molar-refractivity contribution in [2.24, 2.45) is 21.7 Å². The lowest BCUT2D eigenvalue weighted by molar-refractivity contribution is -0.150. The number of halogens is 3. The Bertz CT molecular complexity index is 1840. The van der Waals surface area contributed by atoms with E-state index in [0.29, 0.717) is 39.8 Å². The monoisotopic (exact) mass is 760 g/mol. The van der Waals surface area contributed by atoms with Crippen molar-refractivity contribution in [2.75, 3.05) is 0 Å². The van der Waals surface area contributed by atoms with Crippen molar-refractivity contribution >= 4 is 68.7 Å². The molecule has 4 rings (SSSR count). The van der Waals surface area contributed by atoms with Crippen LogP contribution in [0.2, 0.25) is 10.0 Å². The summed E-state index contributed by atoms with van der Waals surface area (Å²) in [6.45, 7) is 30.0. The van der Waals surface area contributed by atoms with Gasteiger partial charge in [-0.05, 0) is 118 Å². The summed E-state index contributed by atoms with van der Waals surface area (Å²) in [6, 6.07) is 3.93. The van der Waals surface area contributed by atoms with Gasteiger partial charge in [0.25, 0.3) is 0 Å². The molecule has 0 fully saturated rings. The van der Waals surface area contributed by atoms with Crippen LogP contribution in [-0.2, 0) is 23.9 Å². The first-order valence-corrected chi connectivity index (χ1v) is 18.2. The summed E-state index contributed by atoms with van der Waals surface area (Å²) in [5.41, 5.74) is 6.13. The fourth-order valence-electron chi connectivity index (χ4n) is 6.12. The highest BCUT2D eigenvalue weighted by Gasteiger charge is 2.44. The average molecular weight is 762 g/mol. The molecule has 0 spiro atoms. The van der Waals surface area contributed by atoms with E-state index in [2.05, 4.69) is 0 Å². The molecule has 0 saturated heterocycles. The minimum Gasteiger partial charge on any atom is -0.511 e. The van der Waals surface area contributed by atoms with Crippen LogP contribution in [0.4, 0.5) is 0 Å². The van der Waals surface area contributed by atoms with Crippen molar-refractivity contribution in [1.29, 1.82) is 0 Å². The smallest absolute Gasteiger partial charge is 0.316 e. The molecule has 0 saturated carbocycles. The normalized spacial score (nSPS) is 16.8. The van der Waals surface area contributed by atoms with Crippen LogP contribution in [0.1, 0.15) is 127 Å². The summed E-state index contributed by atoms with van der Waals surface area (Å²) in [5, 5.41) is 11.4. The fourth-order valence-corrected chi connectivity index (χ4v) is 6.42. The fraction of sp³-hybridized carbons (Fsp3) is 0.524. The Balaban J connectivity index is 0.000000305. The van der Waals surface area contributed by atoms with Gasteiger partial charge in [-0.2, -0.15) is 0 Å². The van der Waals surface area contributed by atoms with Crippen LogP contribution in [-0.4, -0.2) is 27.9 Å². The number of esters is 1. The number of carbonyl (C=O) groups excluding carboxylic acids is 4. The Morgan fingerprint density at radius 1 is 0.667 bits per heavy atom. The van der Waals surface area contributed by atoms with E-state index in [1.807, 2.05) is 81.4 Å². The minimum atomic E-state index is -0.644. The van der Waals surface area contributed by atoms with Crippen LogP contribution < -0.4 is 0 Å². The standard InChI is InChI=1S/C21H27ClO3.C16H19ClO2.C5H9ClO/c1-11-9-12(2)17(22)13(3)15(11)16-14(23)10-21(7,8)18(16)25-19(24)20(4,5)6;1-8-6-9(2)14(17)10(3)12(8)13-11(18)7-16(4,5)15(13)19;1-5(2,3)4(6)7/h9H,10H2,1-8H3;6,19H,7H2,1-5H3;1-3H3. The van der Waals surface area contributed by atoms with E-state index >= 15 is 0 Å². The minimum absolute atomic E-state index is 0.00591. The van der Waals surface area contributed by atoms with E-state index in [9.17, 15) is 24.3 Å². The third-order valence-corrected chi connectivity index (χ3v) is 10.9. The summed E-state index contributed by atoms with van der Waals surface area (Å²) >= 11 is 17.8. The molecule has 2 aliphatic carbocycles. The number of ether oxygens (including phenoxy) is 1. The largest absolute Gasteiger partial charge is 0.511 e. The molecular formula is C42H55Cl3O6. The SMILES string of the molecule is CC(C)(C)C(=O)Cl.Cc1cc(C)c(C2=C(O)C(C)(C)CC2=O)c(C)c1Cl.Cc1cc(C)c(C2=C(OC(=O)C(C)(C)C)C(C)(C)CC2=O)c(C)c1Cl. The van der Waals surface area contributed by atoms with E-state index in [1.165, 1.54) is 0 Å². The van der Waals surface area contributed by atoms with Crippen molar-refractivity contribution in [3.63, 3.8) is 0 Å². The third-order valence-electron chi connectivity index (χ3n) is 9.13. The second-order valence-corrected chi connectivity index (χ2v) is 18.3. The lowest BCUT2D eigenvalue weighted by Crippen LogP contribution is -2.26. The third kappa shape index (κ3) is 9.74. The number of carbonyl (C=O) groups is 4. The van der Waals surface area contributed by atoms with Gasteiger partial charge in [0.1, 0.15) is 11.5 Å². The number of aryl methyl sites for hydroxylation is 4. The lowest BCUT2D eigenvalue weighted by atomic mass is 9.89. The molecule has 6 nitrogen and oxygen atoms in total. The zero-order valence-electron chi connectivity index (χ0n) is 33.2. The van der Waals surface area contributed by atoms with Gasteiger partial charge in [0, 0.05) is 39.1 Å². The van der Waals surface area contributed by atoms with Crippen LogP contribution in [0.15, 0.2) is 23.7 Å². The molecule has 1 N–H and O–H groups in total. The number of aliphatic hydroxyl groups is 1. The van der Waals surface area contributed by atoms with Gasteiger partial charge >= 0.3 is 5.97 Å². The van der Waals surface area contributed by atoms with Crippen LogP contribution in [0.3, 0.4) is 0 Å². The van der Waals surface area contributed by atoms with Crippen molar-refractivity contribution in [2.45, 2.75) is 124 Å². The van der Waals surface area contributed by atoms with Gasteiger partial charge in [0.2, 0.25) is 5.24 Å². The molecular weight excluding hydrogens is 707 g/mol. The molecule has 0 aromatic heterocycles. The van der Waals surface area contributed by atoms with E-state index in [0.717, 1.165) is 44.5 Å². The van der Waals surface area contributed by atoms with Gasteiger partial charge < -0.3 is 9.84 Å². The van der Waals surface area contributed by atoms with Crippen LogP contribution in [0.5, 0.6) is 0 Å². The Morgan fingerprint density at radius 2 is 1.02 bits per heavy atom. The number of Topliss-reactive ketones (excluding diaryl/α,β-unsaturated/α-hetero) is 2. The molecule has 0 unspecified atom stereocenters. The van der Waals surface area contributed by atoms with Gasteiger partial charge in [0.05, 0.1) is 16.6 Å². The van der Waals surface area contributed by atoms with Gasteiger partial charge in [-0.3, -0.25) is 19.2 Å². The summed E-state index contributed by atoms with van der Waals surface area (Å²) < 4.78 is 5.79. The number of hydrogen-bond donors (Lipinski definition) is 1. The number of hydrogen-bond acceptors (Lipinski definition) is 6. The molecule has 0 aliphatic heterocycles. The van der Waals surface area contributed by atoms with Crippen LogP contribution >= 0.6 is 34.8 Å². The van der Waals surface area contributed by atoms with Crippen LogP contribution in [0.25, 0.3) is 11.1 Å². The van der Waals surface area contributed by atoms with Crippen LogP contribution in [0, 0.1) is 63.2 Å². The topological polar surface area (TPSA) is 97.7 Å². The molecule has 0 atom stereocenters.